The fourth-order valence-electron chi connectivity index (χ4n) is 2.98. The average molecular weight is 410 g/mol. The maximum Gasteiger partial charge on any atom is 0.494 e. The van der Waals surface area contributed by atoms with Crippen LogP contribution in [-0.4, -0.2) is 37.5 Å². The van der Waals surface area contributed by atoms with Crippen molar-refractivity contribution in [2.24, 2.45) is 0 Å². The van der Waals surface area contributed by atoms with Gasteiger partial charge in [-0.1, -0.05) is 29.8 Å². The number of hydrogen-bond acceptors (Lipinski definition) is 4. The minimum atomic E-state index is -0.375. The molecule has 0 atom stereocenters. The van der Waals surface area contributed by atoms with Crippen molar-refractivity contribution in [1.29, 1.82) is 0 Å². The van der Waals surface area contributed by atoms with Gasteiger partial charge in [0.1, 0.15) is 5.75 Å². The number of hydrogen-bond donors (Lipinski definition) is 2. The summed E-state index contributed by atoms with van der Waals surface area (Å²) in [6, 6.07) is 15.2. The molecule has 2 amide bonds. The summed E-state index contributed by atoms with van der Waals surface area (Å²) in [5.41, 5.74) is 2.19. The van der Waals surface area contributed by atoms with Gasteiger partial charge < -0.3 is 24.7 Å². The first-order valence-electron chi connectivity index (χ1n) is 10.4. The van der Waals surface area contributed by atoms with Crippen LogP contribution in [0.1, 0.15) is 39.7 Å². The molecule has 0 aromatic heterocycles. The summed E-state index contributed by atoms with van der Waals surface area (Å²) in [6.45, 7) is 11.2. The highest BCUT2D eigenvalue weighted by Gasteiger charge is 2.51. The standard InChI is InChI=1S/C23H31BN2O4/c1-17-7-11-19(12-8-17)26-21(27)25-15-6-16-28-20-13-9-18(10-14-20)24-29-22(2,3)23(4,5)30-24/h7-14H,6,15-16H2,1-5H3,(H2,25,26,27). The molecule has 1 aliphatic rings. The molecule has 0 radical (unpaired) electrons. The maximum atomic E-state index is 11.9. The molecule has 2 aromatic carbocycles. The number of benzene rings is 2. The number of amides is 2. The van der Waals surface area contributed by atoms with Crippen LogP contribution in [0.4, 0.5) is 10.5 Å². The number of aryl methyl sites for hydroxylation is 1. The zero-order valence-corrected chi connectivity index (χ0v) is 18.5. The van der Waals surface area contributed by atoms with Crippen molar-refractivity contribution in [3.63, 3.8) is 0 Å². The lowest BCUT2D eigenvalue weighted by Gasteiger charge is -2.32. The summed E-state index contributed by atoms with van der Waals surface area (Å²) >= 11 is 0. The van der Waals surface area contributed by atoms with Crippen molar-refractivity contribution in [3.8, 4) is 5.75 Å². The van der Waals surface area contributed by atoms with Gasteiger partial charge >= 0.3 is 13.1 Å². The lowest BCUT2D eigenvalue weighted by molar-refractivity contribution is 0.00578. The maximum absolute atomic E-state index is 11.9. The second-order valence-electron chi connectivity index (χ2n) is 8.61. The molecule has 0 spiro atoms. The molecule has 30 heavy (non-hydrogen) atoms. The van der Waals surface area contributed by atoms with Crippen molar-refractivity contribution in [3.05, 3.63) is 54.1 Å². The third kappa shape index (κ3) is 5.55. The third-order valence-electron chi connectivity index (χ3n) is 5.59. The summed E-state index contributed by atoms with van der Waals surface area (Å²) < 4.78 is 17.9. The Hall–Kier alpha value is -2.51. The van der Waals surface area contributed by atoms with Gasteiger partial charge in [0.25, 0.3) is 0 Å². The Kier molecular flexibility index (Phi) is 6.73. The molecule has 7 heteroatoms. The Morgan fingerprint density at radius 1 is 0.967 bits per heavy atom. The van der Waals surface area contributed by atoms with Crippen molar-refractivity contribution >= 4 is 24.3 Å². The second kappa shape index (κ2) is 9.10. The van der Waals surface area contributed by atoms with E-state index in [1.165, 1.54) is 0 Å². The molecule has 6 nitrogen and oxygen atoms in total. The Labute approximate surface area is 179 Å². The van der Waals surface area contributed by atoms with E-state index in [1.54, 1.807) is 0 Å². The number of ether oxygens (including phenoxy) is 1. The minimum Gasteiger partial charge on any atom is -0.494 e. The number of urea groups is 1. The Balaban J connectivity index is 1.36. The molecule has 1 fully saturated rings. The van der Waals surface area contributed by atoms with E-state index >= 15 is 0 Å². The lowest BCUT2D eigenvalue weighted by Crippen LogP contribution is -2.41. The van der Waals surface area contributed by atoms with Crippen LogP contribution in [0.3, 0.4) is 0 Å². The van der Waals surface area contributed by atoms with Crippen LogP contribution < -0.4 is 20.8 Å². The normalized spacial score (nSPS) is 16.9. The predicted molar refractivity (Wildman–Crippen MR) is 120 cm³/mol. The van der Waals surface area contributed by atoms with Crippen molar-refractivity contribution < 1.29 is 18.8 Å². The van der Waals surface area contributed by atoms with E-state index < -0.39 is 0 Å². The molecule has 0 unspecified atom stereocenters. The van der Waals surface area contributed by atoms with E-state index in [-0.39, 0.29) is 24.4 Å². The van der Waals surface area contributed by atoms with Gasteiger partial charge in [0, 0.05) is 12.2 Å². The Bertz CT molecular complexity index is 835. The number of carbonyl (C=O) groups is 1. The van der Waals surface area contributed by atoms with Crippen molar-refractivity contribution in [2.45, 2.75) is 52.2 Å². The zero-order valence-electron chi connectivity index (χ0n) is 18.5. The average Bonchev–Trinajstić information content (AvgIpc) is 2.91. The number of carbonyl (C=O) groups excluding carboxylic acids is 1. The topological polar surface area (TPSA) is 68.8 Å². The summed E-state index contributed by atoms with van der Waals surface area (Å²) in [6.07, 6.45) is 0.709. The summed E-state index contributed by atoms with van der Waals surface area (Å²) in [4.78, 5) is 11.9. The van der Waals surface area contributed by atoms with Crippen LogP contribution in [0, 0.1) is 6.92 Å². The Morgan fingerprint density at radius 3 is 2.17 bits per heavy atom. The van der Waals surface area contributed by atoms with E-state index in [9.17, 15) is 4.79 Å². The van der Waals surface area contributed by atoms with Gasteiger partial charge in [-0.05, 0) is 70.8 Å². The predicted octanol–water partition coefficient (Wildman–Crippen LogP) is 3.88. The van der Waals surface area contributed by atoms with E-state index in [1.807, 2.05) is 83.1 Å². The van der Waals surface area contributed by atoms with Crippen LogP contribution in [0.25, 0.3) is 0 Å². The highest BCUT2D eigenvalue weighted by atomic mass is 16.7. The first-order chi connectivity index (χ1) is 14.2. The molecule has 0 aliphatic carbocycles. The van der Waals surface area contributed by atoms with E-state index in [0.717, 1.165) is 22.5 Å². The fourth-order valence-corrected chi connectivity index (χ4v) is 2.98. The van der Waals surface area contributed by atoms with Crippen LogP contribution in [-0.2, 0) is 9.31 Å². The molecule has 2 aromatic rings. The quantitative estimate of drug-likeness (QED) is 0.537. The summed E-state index contributed by atoms with van der Waals surface area (Å²) in [7, 11) is -0.375. The highest BCUT2D eigenvalue weighted by molar-refractivity contribution is 6.62. The second-order valence-corrected chi connectivity index (χ2v) is 8.61. The fraction of sp³-hybridized carbons (Fsp3) is 0.435. The molecule has 0 saturated carbocycles. The summed E-state index contributed by atoms with van der Waals surface area (Å²) in [5.74, 6) is 0.777. The molecule has 0 bridgehead atoms. The van der Waals surface area contributed by atoms with E-state index in [0.29, 0.717) is 19.6 Å². The lowest BCUT2D eigenvalue weighted by atomic mass is 9.79. The van der Waals surface area contributed by atoms with Crippen LogP contribution in [0.5, 0.6) is 5.75 Å². The highest BCUT2D eigenvalue weighted by Crippen LogP contribution is 2.36. The monoisotopic (exact) mass is 410 g/mol. The number of anilines is 1. The van der Waals surface area contributed by atoms with Crippen LogP contribution in [0.2, 0.25) is 0 Å². The van der Waals surface area contributed by atoms with Crippen LogP contribution >= 0.6 is 0 Å². The zero-order chi connectivity index (χ0) is 21.8. The van der Waals surface area contributed by atoms with E-state index in [2.05, 4.69) is 10.6 Å². The smallest absolute Gasteiger partial charge is 0.494 e. The van der Waals surface area contributed by atoms with Gasteiger partial charge in [0.05, 0.1) is 17.8 Å². The number of rotatable bonds is 7. The molecule has 1 aliphatic heterocycles. The largest absolute Gasteiger partial charge is 0.494 e. The van der Waals surface area contributed by atoms with Gasteiger partial charge in [0.15, 0.2) is 0 Å². The molecule has 1 saturated heterocycles. The van der Waals surface area contributed by atoms with Gasteiger partial charge in [0.2, 0.25) is 0 Å². The molecular formula is C23H31BN2O4. The molecule has 160 valence electrons. The molecular weight excluding hydrogens is 379 g/mol. The van der Waals surface area contributed by atoms with Crippen molar-refractivity contribution in [2.75, 3.05) is 18.5 Å². The molecule has 1 heterocycles. The van der Waals surface area contributed by atoms with Gasteiger partial charge in [-0.2, -0.15) is 0 Å². The van der Waals surface area contributed by atoms with Crippen molar-refractivity contribution in [1.82, 2.24) is 5.32 Å². The first kappa shape index (κ1) is 22.2. The third-order valence-corrected chi connectivity index (χ3v) is 5.59. The minimum absolute atomic E-state index is 0.217. The van der Waals surface area contributed by atoms with E-state index in [4.69, 9.17) is 14.0 Å². The van der Waals surface area contributed by atoms with Crippen LogP contribution in [0.15, 0.2) is 48.5 Å². The Morgan fingerprint density at radius 2 is 1.57 bits per heavy atom. The summed E-state index contributed by atoms with van der Waals surface area (Å²) in [5, 5.41) is 5.64. The van der Waals surface area contributed by atoms with Gasteiger partial charge in [-0.15, -0.1) is 0 Å². The van der Waals surface area contributed by atoms with Gasteiger partial charge in [-0.3, -0.25) is 0 Å². The first-order valence-corrected chi connectivity index (χ1v) is 10.4. The number of nitrogens with one attached hydrogen (secondary N) is 2. The molecule has 2 N–H and O–H groups in total. The van der Waals surface area contributed by atoms with Gasteiger partial charge in [-0.25, -0.2) is 4.79 Å². The SMILES string of the molecule is Cc1ccc(NC(=O)NCCCOc2ccc(B3OC(C)(C)C(C)(C)O3)cc2)cc1. The molecule has 3 rings (SSSR count).